The van der Waals surface area contributed by atoms with Gasteiger partial charge in [-0.15, -0.1) is 0 Å². The monoisotopic (exact) mass is 436 g/mol. The van der Waals surface area contributed by atoms with Crippen molar-refractivity contribution in [1.29, 1.82) is 0 Å². The second-order valence-electron chi connectivity index (χ2n) is 7.42. The molecule has 8 nitrogen and oxygen atoms in total. The Morgan fingerprint density at radius 1 is 1.23 bits per heavy atom. The third-order valence-electron chi connectivity index (χ3n) is 5.44. The molecule has 0 saturated heterocycles. The summed E-state index contributed by atoms with van der Waals surface area (Å²) in [6.45, 7) is 0. The van der Waals surface area contributed by atoms with Crippen LogP contribution in [0, 0.1) is 11.6 Å². The van der Waals surface area contributed by atoms with E-state index in [9.17, 15) is 27.1 Å². The van der Waals surface area contributed by atoms with Crippen molar-refractivity contribution in [3.63, 3.8) is 0 Å². The second-order valence-corrected chi connectivity index (χ2v) is 9.76. The first-order valence-corrected chi connectivity index (χ1v) is 10.7. The number of nitrogens with two attached hydrogens (primary N) is 1. The van der Waals surface area contributed by atoms with Gasteiger partial charge in [0.1, 0.15) is 27.9 Å². The summed E-state index contributed by atoms with van der Waals surface area (Å²) in [7, 11) is -3.78. The highest BCUT2D eigenvalue weighted by Gasteiger charge is 2.59. The number of nitrogens with one attached hydrogen (secondary N) is 1. The summed E-state index contributed by atoms with van der Waals surface area (Å²) < 4.78 is 51.7. The van der Waals surface area contributed by atoms with Crippen LogP contribution >= 0.6 is 0 Å². The van der Waals surface area contributed by atoms with Crippen LogP contribution < -0.4 is 11.1 Å². The predicted molar refractivity (Wildman–Crippen MR) is 105 cm³/mol. The van der Waals surface area contributed by atoms with Crippen molar-refractivity contribution in [2.75, 3.05) is 11.1 Å². The van der Waals surface area contributed by atoms with Gasteiger partial charge >= 0.3 is 0 Å². The Hall–Kier alpha value is -2.92. The van der Waals surface area contributed by atoms with Crippen molar-refractivity contribution in [1.82, 2.24) is 4.98 Å². The number of pyridine rings is 1. The van der Waals surface area contributed by atoms with Gasteiger partial charge in [0.15, 0.2) is 9.84 Å². The summed E-state index contributed by atoms with van der Waals surface area (Å²) in [5.74, 6) is -2.55. The van der Waals surface area contributed by atoms with Crippen molar-refractivity contribution in [3.8, 4) is 0 Å². The van der Waals surface area contributed by atoms with Gasteiger partial charge in [0.25, 0.3) is 5.91 Å². The Morgan fingerprint density at radius 2 is 1.97 bits per heavy atom. The lowest BCUT2D eigenvalue weighted by atomic mass is 9.80. The van der Waals surface area contributed by atoms with E-state index in [-0.39, 0.29) is 35.6 Å². The molecule has 1 aromatic carbocycles. The number of aliphatic hydroxyl groups excluding tert-OH is 1. The van der Waals surface area contributed by atoms with Gasteiger partial charge in [-0.3, -0.25) is 9.79 Å². The van der Waals surface area contributed by atoms with E-state index in [4.69, 9.17) is 5.73 Å². The molecule has 1 unspecified atom stereocenters. The zero-order valence-electron chi connectivity index (χ0n) is 15.5. The van der Waals surface area contributed by atoms with Gasteiger partial charge in [0, 0.05) is 24.1 Å². The summed E-state index contributed by atoms with van der Waals surface area (Å²) in [6, 6.07) is 4.85. The van der Waals surface area contributed by atoms with E-state index in [1.165, 1.54) is 18.2 Å². The fourth-order valence-corrected chi connectivity index (χ4v) is 6.01. The molecule has 0 radical (unpaired) electrons. The number of aromatic nitrogens is 1. The van der Waals surface area contributed by atoms with Crippen molar-refractivity contribution in [3.05, 3.63) is 59.4 Å². The summed E-state index contributed by atoms with van der Waals surface area (Å²) in [5, 5.41) is 12.1. The molecule has 4 rings (SSSR count). The van der Waals surface area contributed by atoms with Gasteiger partial charge in [0.05, 0.1) is 24.1 Å². The topological polar surface area (TPSA) is 135 Å². The third-order valence-corrected chi connectivity index (χ3v) is 7.93. The van der Waals surface area contributed by atoms with Crippen LogP contribution in [0.2, 0.25) is 0 Å². The quantitative estimate of drug-likeness (QED) is 0.665. The summed E-state index contributed by atoms with van der Waals surface area (Å²) in [5.41, 5.74) is 6.03. The maximum atomic E-state index is 14.5. The van der Waals surface area contributed by atoms with Gasteiger partial charge in [0.2, 0.25) is 0 Å². The lowest BCUT2D eigenvalue weighted by Gasteiger charge is -2.46. The number of aliphatic imine (C=N–C) groups is 1. The maximum absolute atomic E-state index is 14.5. The van der Waals surface area contributed by atoms with Crippen LogP contribution in [-0.4, -0.2) is 46.9 Å². The van der Waals surface area contributed by atoms with E-state index in [2.05, 4.69) is 15.3 Å². The van der Waals surface area contributed by atoms with Crippen LogP contribution in [0.5, 0.6) is 0 Å². The first kappa shape index (κ1) is 20.4. The fraction of sp³-hybridized carbons (Fsp3) is 0.316. The molecule has 1 aromatic heterocycles. The Labute approximate surface area is 170 Å². The highest BCUT2D eigenvalue weighted by Crippen LogP contribution is 2.45. The SMILES string of the molecule is NC1=NC(c2cc(NC(=O)c3ccc(F)cn3)ccc2F)CS(=O)(=O)C12CC(O)C2. The van der Waals surface area contributed by atoms with Gasteiger partial charge in [-0.05, 0) is 30.3 Å². The number of amides is 1. The first-order chi connectivity index (χ1) is 14.1. The lowest BCUT2D eigenvalue weighted by Crippen LogP contribution is -2.63. The molecule has 158 valence electrons. The minimum absolute atomic E-state index is 0.0271. The number of halogens is 2. The van der Waals surface area contributed by atoms with Crippen molar-refractivity contribution in [2.24, 2.45) is 10.7 Å². The highest BCUT2D eigenvalue weighted by molar-refractivity contribution is 7.93. The van der Waals surface area contributed by atoms with E-state index in [1.54, 1.807) is 0 Å². The van der Waals surface area contributed by atoms with E-state index in [1.807, 2.05) is 0 Å². The number of hydrogen-bond donors (Lipinski definition) is 3. The Morgan fingerprint density at radius 3 is 2.57 bits per heavy atom. The van der Waals surface area contributed by atoms with Crippen LogP contribution in [0.1, 0.15) is 34.9 Å². The van der Waals surface area contributed by atoms with Crippen molar-refractivity contribution < 1.29 is 27.1 Å². The second kappa shape index (κ2) is 7.10. The number of sulfone groups is 1. The molecule has 1 saturated carbocycles. The fourth-order valence-electron chi connectivity index (χ4n) is 3.76. The zero-order chi connectivity index (χ0) is 21.7. The smallest absolute Gasteiger partial charge is 0.274 e. The molecular weight excluding hydrogens is 418 g/mol. The molecule has 1 fully saturated rings. The maximum Gasteiger partial charge on any atom is 0.274 e. The van der Waals surface area contributed by atoms with E-state index in [0.29, 0.717) is 0 Å². The van der Waals surface area contributed by atoms with E-state index >= 15 is 0 Å². The largest absolute Gasteiger partial charge is 0.393 e. The molecule has 1 amide bonds. The number of amidine groups is 1. The molecule has 2 heterocycles. The van der Waals surface area contributed by atoms with Crippen molar-refractivity contribution in [2.45, 2.75) is 29.7 Å². The zero-order valence-corrected chi connectivity index (χ0v) is 16.4. The Bertz CT molecular complexity index is 1150. The van der Waals surface area contributed by atoms with Gasteiger partial charge in [-0.2, -0.15) is 0 Å². The molecule has 0 bridgehead atoms. The molecule has 1 atom stereocenters. The molecule has 1 aliphatic heterocycles. The molecule has 4 N–H and O–H groups in total. The molecular formula is C19H18F2N4O4S. The van der Waals surface area contributed by atoms with Crippen LogP contribution in [0.15, 0.2) is 41.5 Å². The van der Waals surface area contributed by atoms with Crippen molar-refractivity contribution >= 4 is 27.3 Å². The average Bonchev–Trinajstić information content (AvgIpc) is 2.65. The number of hydrogen-bond acceptors (Lipinski definition) is 7. The minimum atomic E-state index is -3.78. The van der Waals surface area contributed by atoms with Gasteiger partial charge in [-0.1, -0.05) is 0 Å². The predicted octanol–water partition coefficient (Wildman–Crippen LogP) is 1.33. The average molecular weight is 436 g/mol. The van der Waals surface area contributed by atoms with Crippen LogP contribution in [0.4, 0.5) is 14.5 Å². The standard InChI is InChI=1S/C19H18F2N4O4S/c20-10-1-4-15(23-8-10)17(27)24-11-2-3-14(21)13(5-11)16-9-30(28,29)19(18(22)25-16)6-12(26)7-19/h1-5,8,12,16,26H,6-7,9H2,(H2,22,25)(H,24,27). The summed E-state index contributed by atoms with van der Waals surface area (Å²) in [4.78, 5) is 20.1. The molecule has 2 aromatic rings. The van der Waals surface area contributed by atoms with E-state index in [0.717, 1.165) is 18.3 Å². The van der Waals surface area contributed by atoms with Crippen LogP contribution in [0.3, 0.4) is 0 Å². The Kier molecular flexibility index (Phi) is 4.82. The number of aliphatic hydroxyl groups is 1. The molecule has 2 aliphatic rings. The van der Waals surface area contributed by atoms with Gasteiger partial charge < -0.3 is 16.2 Å². The van der Waals surface area contributed by atoms with Crippen LogP contribution in [-0.2, 0) is 9.84 Å². The highest BCUT2D eigenvalue weighted by atomic mass is 32.2. The van der Waals surface area contributed by atoms with E-state index < -0.39 is 50.0 Å². The lowest BCUT2D eigenvalue weighted by molar-refractivity contribution is 0.0791. The van der Waals surface area contributed by atoms with Gasteiger partial charge in [-0.25, -0.2) is 22.2 Å². The number of anilines is 1. The Balaban J connectivity index is 1.62. The number of rotatable bonds is 3. The van der Waals surface area contributed by atoms with Crippen LogP contribution in [0.25, 0.3) is 0 Å². The normalized spacial score (nSPS) is 27.2. The number of nitrogens with zero attached hydrogens (tertiary/aromatic N) is 2. The third kappa shape index (κ3) is 3.33. The summed E-state index contributed by atoms with van der Waals surface area (Å²) in [6.07, 6.45) is 0.0737. The molecule has 1 aliphatic carbocycles. The molecule has 1 spiro atoms. The summed E-state index contributed by atoms with van der Waals surface area (Å²) >= 11 is 0. The molecule has 11 heteroatoms. The number of carbonyl (C=O) groups is 1. The number of carbonyl (C=O) groups excluding carboxylic acids is 1. The molecule has 30 heavy (non-hydrogen) atoms. The number of benzene rings is 1. The minimum Gasteiger partial charge on any atom is -0.393 e. The first-order valence-electron chi connectivity index (χ1n) is 9.08.